The molecule has 0 radical (unpaired) electrons. The number of aromatic nitrogens is 1. The summed E-state index contributed by atoms with van der Waals surface area (Å²) < 4.78 is 34.2. The van der Waals surface area contributed by atoms with E-state index in [1.165, 1.54) is 27.8 Å². The Kier molecular flexibility index (Phi) is 8.29. The number of carbonyl (C=O) groups excluding carboxylic acids is 1. The number of rotatable bonds is 9. The Balaban J connectivity index is 1.59. The van der Waals surface area contributed by atoms with Crippen LogP contribution in [0.4, 0.5) is 5.13 Å². The zero-order valence-corrected chi connectivity index (χ0v) is 22.9. The number of carbonyl (C=O) groups is 1. The first-order valence-corrected chi connectivity index (χ1v) is 14.5. The van der Waals surface area contributed by atoms with Gasteiger partial charge in [-0.1, -0.05) is 30.6 Å². The number of ether oxygens (including phenoxy) is 1. The number of sulfonamides is 1. The minimum Gasteiger partial charge on any atom is -0.497 e. The molecule has 0 bridgehead atoms. The molecule has 36 heavy (non-hydrogen) atoms. The summed E-state index contributed by atoms with van der Waals surface area (Å²) in [6.45, 7) is 1.11. The number of thiazole rings is 1. The van der Waals surface area contributed by atoms with E-state index in [1.807, 2.05) is 37.2 Å². The highest BCUT2D eigenvalue weighted by atomic mass is 32.2. The largest absolute Gasteiger partial charge is 0.497 e. The number of fused-ring (bicyclic) bond motifs is 1. The second-order valence-corrected chi connectivity index (χ2v) is 12.4. The first kappa shape index (κ1) is 26.5. The molecule has 1 amide bonds. The molecule has 2 aromatic carbocycles. The molecule has 0 spiro atoms. The van der Waals surface area contributed by atoms with E-state index in [9.17, 15) is 13.2 Å². The molecule has 1 saturated carbocycles. The van der Waals surface area contributed by atoms with Gasteiger partial charge in [0.1, 0.15) is 5.75 Å². The molecule has 4 rings (SSSR count). The number of benzene rings is 2. The molecule has 1 heterocycles. The monoisotopic (exact) mass is 530 g/mol. The fourth-order valence-corrected chi connectivity index (χ4v) is 6.89. The normalized spacial score (nSPS) is 15.1. The second kappa shape index (κ2) is 11.2. The van der Waals surface area contributed by atoms with Crippen molar-refractivity contribution < 1.29 is 17.9 Å². The fourth-order valence-electron chi connectivity index (χ4n) is 4.45. The lowest BCUT2D eigenvalue weighted by molar-refractivity contribution is 0.0985. The quantitative estimate of drug-likeness (QED) is 0.406. The van der Waals surface area contributed by atoms with Crippen molar-refractivity contribution in [3.63, 3.8) is 0 Å². The standard InChI is InChI=1S/C26H34N4O4S2/c1-28(2)16-17-30(26-27-23-15-12-21(34-4)18-24(23)35-26)25(31)19-10-13-22(14-11-19)36(32,33)29(3)20-8-6-5-7-9-20/h10-15,18,20H,5-9,16-17H2,1-4H3. The Hall–Kier alpha value is -2.53. The number of hydrogen-bond donors (Lipinski definition) is 0. The predicted octanol–water partition coefficient (Wildman–Crippen LogP) is 4.47. The van der Waals surface area contributed by atoms with Crippen molar-refractivity contribution in [1.82, 2.24) is 14.2 Å². The van der Waals surface area contributed by atoms with Crippen LogP contribution in [0.5, 0.6) is 5.75 Å². The molecule has 10 heteroatoms. The minimum atomic E-state index is -3.62. The molecule has 0 atom stereocenters. The van der Waals surface area contributed by atoms with Gasteiger partial charge in [-0.05, 0) is 69.4 Å². The van der Waals surface area contributed by atoms with Crippen molar-refractivity contribution in [2.45, 2.75) is 43.0 Å². The average Bonchev–Trinajstić information content (AvgIpc) is 3.31. The van der Waals surface area contributed by atoms with Gasteiger partial charge in [0, 0.05) is 31.7 Å². The summed E-state index contributed by atoms with van der Waals surface area (Å²) in [6.07, 6.45) is 5.05. The van der Waals surface area contributed by atoms with Gasteiger partial charge >= 0.3 is 0 Å². The van der Waals surface area contributed by atoms with Gasteiger partial charge in [-0.25, -0.2) is 13.4 Å². The molecule has 1 fully saturated rings. The van der Waals surface area contributed by atoms with Gasteiger partial charge in [0.15, 0.2) is 5.13 Å². The molecule has 0 unspecified atom stereocenters. The molecular weight excluding hydrogens is 496 g/mol. The number of anilines is 1. The number of nitrogens with zero attached hydrogens (tertiary/aromatic N) is 4. The van der Waals surface area contributed by atoms with Crippen molar-refractivity contribution in [3.05, 3.63) is 48.0 Å². The summed E-state index contributed by atoms with van der Waals surface area (Å²) in [5.74, 6) is 0.520. The maximum atomic E-state index is 13.6. The molecule has 194 valence electrons. The van der Waals surface area contributed by atoms with Crippen LogP contribution < -0.4 is 9.64 Å². The maximum absolute atomic E-state index is 13.6. The van der Waals surface area contributed by atoms with E-state index in [4.69, 9.17) is 9.72 Å². The number of amides is 1. The number of methoxy groups -OCH3 is 1. The molecule has 1 aliphatic rings. The molecule has 0 aliphatic heterocycles. The molecule has 1 aromatic heterocycles. The third kappa shape index (κ3) is 5.72. The number of likely N-dealkylation sites (N-methyl/N-ethyl adjacent to an activating group) is 1. The van der Waals surface area contributed by atoms with Crippen molar-refractivity contribution in [3.8, 4) is 5.75 Å². The van der Waals surface area contributed by atoms with Crippen LogP contribution in [0.3, 0.4) is 0 Å². The van der Waals surface area contributed by atoms with E-state index in [0.717, 1.165) is 48.1 Å². The van der Waals surface area contributed by atoms with E-state index in [-0.39, 0.29) is 16.8 Å². The fraction of sp³-hybridized carbons (Fsp3) is 0.462. The molecule has 8 nitrogen and oxygen atoms in total. The third-order valence-corrected chi connectivity index (χ3v) is 9.66. The van der Waals surface area contributed by atoms with Crippen LogP contribution in [0.1, 0.15) is 42.5 Å². The van der Waals surface area contributed by atoms with Gasteiger partial charge in [-0.15, -0.1) is 0 Å². The summed E-state index contributed by atoms with van der Waals surface area (Å²) in [5, 5.41) is 0.596. The summed E-state index contributed by atoms with van der Waals surface area (Å²) in [7, 11) is 3.57. The second-order valence-electron chi connectivity index (χ2n) is 9.43. The first-order valence-electron chi connectivity index (χ1n) is 12.2. The van der Waals surface area contributed by atoms with Crippen LogP contribution >= 0.6 is 11.3 Å². The molecule has 3 aromatic rings. The van der Waals surface area contributed by atoms with Crippen LogP contribution in [0, 0.1) is 0 Å². The van der Waals surface area contributed by atoms with Crippen molar-refractivity contribution in [2.75, 3.05) is 46.2 Å². The highest BCUT2D eigenvalue weighted by molar-refractivity contribution is 7.89. The van der Waals surface area contributed by atoms with Crippen LogP contribution in [-0.4, -0.2) is 75.9 Å². The van der Waals surface area contributed by atoms with Crippen molar-refractivity contribution in [2.24, 2.45) is 0 Å². The topological polar surface area (TPSA) is 83.0 Å². The first-order chi connectivity index (χ1) is 17.2. The Morgan fingerprint density at radius 3 is 2.36 bits per heavy atom. The lowest BCUT2D eigenvalue weighted by atomic mass is 9.96. The molecule has 1 aliphatic carbocycles. The van der Waals surface area contributed by atoms with Crippen LogP contribution in [0.15, 0.2) is 47.4 Å². The van der Waals surface area contributed by atoms with Gasteiger partial charge < -0.3 is 9.64 Å². The van der Waals surface area contributed by atoms with Gasteiger partial charge in [0.05, 0.1) is 22.2 Å². The molecule has 0 saturated heterocycles. The zero-order chi connectivity index (χ0) is 25.9. The van der Waals surface area contributed by atoms with Crippen LogP contribution in [0.2, 0.25) is 0 Å². The van der Waals surface area contributed by atoms with Gasteiger partial charge in [-0.2, -0.15) is 4.31 Å². The summed E-state index contributed by atoms with van der Waals surface area (Å²) in [6, 6.07) is 11.9. The minimum absolute atomic E-state index is 0.0317. The lowest BCUT2D eigenvalue weighted by Crippen LogP contribution is -2.38. The van der Waals surface area contributed by atoms with Gasteiger partial charge in [-0.3, -0.25) is 9.69 Å². The molecular formula is C26H34N4O4S2. The van der Waals surface area contributed by atoms with E-state index < -0.39 is 10.0 Å². The maximum Gasteiger partial charge on any atom is 0.260 e. The Labute approximate surface area is 217 Å². The summed E-state index contributed by atoms with van der Waals surface area (Å²) in [4.78, 5) is 22.2. The van der Waals surface area contributed by atoms with Crippen molar-refractivity contribution >= 4 is 42.6 Å². The smallest absolute Gasteiger partial charge is 0.260 e. The summed E-state index contributed by atoms with van der Waals surface area (Å²) >= 11 is 1.43. The Bertz CT molecular complexity index is 1300. The van der Waals surface area contributed by atoms with Gasteiger partial charge in [0.25, 0.3) is 5.91 Å². The number of hydrogen-bond acceptors (Lipinski definition) is 7. The Morgan fingerprint density at radius 2 is 1.72 bits per heavy atom. The highest BCUT2D eigenvalue weighted by Gasteiger charge is 2.29. The van der Waals surface area contributed by atoms with E-state index in [2.05, 4.69) is 0 Å². The lowest BCUT2D eigenvalue weighted by Gasteiger charge is -2.30. The zero-order valence-electron chi connectivity index (χ0n) is 21.3. The van der Waals surface area contributed by atoms with E-state index in [0.29, 0.717) is 23.8 Å². The highest BCUT2D eigenvalue weighted by Crippen LogP contribution is 2.32. The Morgan fingerprint density at radius 1 is 1.03 bits per heavy atom. The third-order valence-electron chi connectivity index (χ3n) is 6.70. The van der Waals surface area contributed by atoms with E-state index in [1.54, 1.807) is 31.2 Å². The SMILES string of the molecule is COc1ccc2nc(N(CCN(C)C)C(=O)c3ccc(S(=O)(=O)N(C)C4CCCCC4)cc3)sc2c1. The summed E-state index contributed by atoms with van der Waals surface area (Å²) in [5.41, 5.74) is 1.22. The van der Waals surface area contributed by atoms with E-state index >= 15 is 0 Å². The molecule has 0 N–H and O–H groups in total. The van der Waals surface area contributed by atoms with Crippen molar-refractivity contribution in [1.29, 1.82) is 0 Å². The predicted molar refractivity (Wildman–Crippen MR) is 145 cm³/mol. The average molecular weight is 531 g/mol. The van der Waals surface area contributed by atoms with Gasteiger partial charge in [0.2, 0.25) is 10.0 Å². The van der Waals surface area contributed by atoms with Crippen LogP contribution in [0.25, 0.3) is 10.2 Å². The van der Waals surface area contributed by atoms with Crippen LogP contribution in [-0.2, 0) is 10.0 Å².